The number of amides is 1. The number of hydrogen-bond donors (Lipinski definition) is 2. The molecule has 17 nitrogen and oxygen atoms in total. The molecule has 4 radical (unpaired) electrons. The van der Waals surface area contributed by atoms with E-state index in [9.17, 15) is 4.79 Å². The molecule has 0 saturated heterocycles. The van der Waals surface area contributed by atoms with Gasteiger partial charge in [0.25, 0.3) is 0 Å². The Kier molecular flexibility index (Phi) is 97.2. The molecular weight excluding hydrogens is 1010 g/mol. The van der Waals surface area contributed by atoms with E-state index in [2.05, 4.69) is 132 Å². The van der Waals surface area contributed by atoms with E-state index in [0.29, 0.717) is 16.8 Å². The van der Waals surface area contributed by atoms with Crippen LogP contribution in [0.1, 0.15) is 56.7 Å². The first-order valence-corrected chi connectivity index (χ1v) is 13.5. The van der Waals surface area contributed by atoms with Gasteiger partial charge in [-0.2, -0.15) is 44.4 Å². The molecule has 308 valence electrons. The van der Waals surface area contributed by atoms with E-state index in [0.717, 1.165) is 11.1 Å². The Balaban J connectivity index is -0.0000000466. The largest absolute Gasteiger partial charge is 0.467 e. The zero-order valence-electron chi connectivity index (χ0n) is 28.3. The zero-order chi connectivity index (χ0) is 37.4. The van der Waals surface area contributed by atoms with Gasteiger partial charge in [-0.3, -0.25) is 6.58 Å². The van der Waals surface area contributed by atoms with Crippen molar-refractivity contribution in [1.82, 2.24) is 41.2 Å². The Morgan fingerprint density at radius 3 is 1.57 bits per heavy atom. The molecule has 4 rings (SSSR count). The van der Waals surface area contributed by atoms with Gasteiger partial charge < -0.3 is 63.3 Å². The molecule has 0 aliphatic carbocycles. The number of halogens is 2. The molecular formula is C32H48BBr2N11O6V4-4. The van der Waals surface area contributed by atoms with Crippen molar-refractivity contribution in [1.29, 1.82) is 0 Å². The average Bonchev–Trinajstić information content (AvgIpc) is 3.14. The second-order valence-corrected chi connectivity index (χ2v) is 7.97. The van der Waals surface area contributed by atoms with Gasteiger partial charge in [0, 0.05) is 77.0 Å². The molecule has 0 fully saturated rings. The molecule has 2 aromatic carbocycles. The summed E-state index contributed by atoms with van der Waals surface area (Å²) in [7, 11) is -1.45. The van der Waals surface area contributed by atoms with Crippen LogP contribution < -0.4 is 0 Å². The Morgan fingerprint density at radius 1 is 0.875 bits per heavy atom. The zero-order valence-corrected chi connectivity index (χ0v) is 35.1. The molecule has 24 heteroatoms. The monoisotopic (exact) mass is 1060 g/mol. The number of nitrogens with zero attached hydrogens (tertiary/aromatic N) is 11. The van der Waals surface area contributed by atoms with E-state index in [1.54, 1.807) is 0 Å². The second-order valence-electron chi connectivity index (χ2n) is 6.66. The average molecular weight is 1060 g/mol. The number of carbonyl (C=O) groups is 1. The van der Waals surface area contributed by atoms with Gasteiger partial charge in [-0.05, 0) is 33.0 Å². The predicted octanol–water partition coefficient (Wildman–Crippen LogP) is 6.82. The number of azo groups is 1. The van der Waals surface area contributed by atoms with Gasteiger partial charge in [0.05, 0.1) is 6.54 Å². The van der Waals surface area contributed by atoms with Crippen molar-refractivity contribution < 1.29 is 106 Å². The fourth-order valence-electron chi connectivity index (χ4n) is 1.87. The predicted molar refractivity (Wildman–Crippen MR) is 208 cm³/mol. The van der Waals surface area contributed by atoms with Gasteiger partial charge >= 0.3 is 19.4 Å². The third-order valence-corrected chi connectivity index (χ3v) is 3.69. The van der Waals surface area contributed by atoms with Crippen LogP contribution in [0.15, 0.2) is 93.6 Å². The number of hydrogen-bond acceptors (Lipinski definition) is 16. The van der Waals surface area contributed by atoms with E-state index < -0.39 is 13.2 Å². The first kappa shape index (κ1) is 77.7. The van der Waals surface area contributed by atoms with Crippen molar-refractivity contribution in [2.24, 2.45) is 15.2 Å². The summed E-state index contributed by atoms with van der Waals surface area (Å²) < 4.78 is 18.3. The van der Waals surface area contributed by atoms with E-state index in [4.69, 9.17) is 27.1 Å². The first-order valence-electron chi connectivity index (χ1n) is 13.3. The van der Waals surface area contributed by atoms with Gasteiger partial charge in [-0.1, -0.05) is 142 Å². The van der Waals surface area contributed by atoms with Crippen LogP contribution >= 0.6 is 31.9 Å². The van der Waals surface area contributed by atoms with Crippen molar-refractivity contribution in [2.75, 3.05) is 0 Å². The van der Waals surface area contributed by atoms with E-state index >= 15 is 0 Å². The quantitative estimate of drug-likeness (QED) is 0.0903. The second kappa shape index (κ2) is 70.0. The Bertz CT molecular complexity index is 1440. The van der Waals surface area contributed by atoms with Crippen molar-refractivity contribution >= 4 is 57.9 Å². The number of carbonyl (C=O) groups excluding carboxylic acids is 3. The smallest absolute Gasteiger partial charge is 0.452 e. The summed E-state index contributed by atoms with van der Waals surface area (Å²) in [4.78, 5) is 33.0. The number of aliphatic imine (C=N–C) groups is 1. The normalized spacial score (nSPS) is 7.43. The van der Waals surface area contributed by atoms with Crippen LogP contribution in [-0.4, -0.2) is 77.4 Å². The minimum absolute atomic E-state index is 0. The summed E-state index contributed by atoms with van der Waals surface area (Å²) >= 11 is 5.76. The van der Waals surface area contributed by atoms with Crippen LogP contribution in [0.3, 0.4) is 0 Å². The van der Waals surface area contributed by atoms with Gasteiger partial charge in [-0.15, -0.1) is 0 Å². The molecule has 0 aliphatic rings. The number of rotatable bonds is 5. The number of aryl methyl sites for hydroxylation is 1. The Morgan fingerprint density at radius 2 is 1.29 bits per heavy atom. The van der Waals surface area contributed by atoms with Crippen molar-refractivity contribution in [3.8, 4) is 0 Å². The van der Waals surface area contributed by atoms with Gasteiger partial charge in [0.1, 0.15) is 6.61 Å². The molecule has 0 aliphatic heterocycles. The molecule has 2 N–H and O–H groups in total. The van der Waals surface area contributed by atoms with E-state index in [1.807, 2.05) is 60.7 Å². The number of aromatic nitrogens is 8. The molecule has 0 saturated carbocycles. The van der Waals surface area contributed by atoms with Crippen LogP contribution in [0.2, 0.25) is 6.80 Å². The molecule has 2 aromatic heterocycles. The van der Waals surface area contributed by atoms with Crippen LogP contribution in [0.4, 0.5) is 4.79 Å². The number of benzene rings is 2. The van der Waals surface area contributed by atoms with Gasteiger partial charge in [-0.25, -0.2) is 4.79 Å². The van der Waals surface area contributed by atoms with Crippen LogP contribution in [0.25, 0.3) is 0 Å². The maximum Gasteiger partial charge on any atom is 0.452 e. The molecule has 0 atom stereocenters. The molecule has 4 aromatic rings. The van der Waals surface area contributed by atoms with Crippen molar-refractivity contribution in [3.63, 3.8) is 0 Å². The van der Waals surface area contributed by atoms with Gasteiger partial charge in [0.15, 0.2) is 0 Å². The van der Waals surface area contributed by atoms with Crippen LogP contribution in [0, 0.1) is 30.5 Å². The summed E-state index contributed by atoms with van der Waals surface area (Å²) in [6, 6.07) is 19.1. The Labute approximate surface area is 400 Å². The molecule has 2 heterocycles. The van der Waals surface area contributed by atoms with E-state index in [-0.39, 0.29) is 138 Å². The maximum absolute atomic E-state index is 11.3. The molecule has 0 spiro atoms. The standard InChI is InChI=1S/C15H14N2O2.C3H3N4.C3H4N.C2BrN4.C2H2Br.CH5BO2.CO2.5CH4.4V/c18-15(19-12-14-9-5-2-6-10-14)17-16-11-13-7-3-1-4-8-13;1-3-2-4-6-7-5-3;1-3-4-2;3-2-1-4-6-7-5-2;1-2-3;1-2(3)4;2-1-3;;;;;;;;;/h1-10H,11-12H2;1H3;1-2H2;;1H2;3-4H,1H3;;5*1H4;;;;/q;4*-1;;;;;;;;;;;/i;1D;;;;1D;;;;;;;;;;. The maximum atomic E-state index is 11.3. The topological polar surface area (TPSA) is 241 Å². The summed E-state index contributed by atoms with van der Waals surface area (Å²) in [5.74, 6) is 0. The van der Waals surface area contributed by atoms with Crippen molar-refractivity contribution in [2.45, 2.75) is 64.0 Å². The first-order chi connectivity index (χ1) is 23.7. The molecule has 0 bridgehead atoms. The summed E-state index contributed by atoms with van der Waals surface area (Å²) in [5, 5.41) is 48.9. The van der Waals surface area contributed by atoms with Crippen molar-refractivity contribution in [3.05, 3.63) is 119 Å². The van der Waals surface area contributed by atoms with Crippen LogP contribution in [-0.2, 0) is 102 Å². The third kappa shape index (κ3) is 76.0. The minimum atomic E-state index is -1.45. The fraction of sp³-hybridized carbons (Fsp3) is 0.281. The summed E-state index contributed by atoms with van der Waals surface area (Å²) in [6.07, 6.45) is 6.59. The van der Waals surface area contributed by atoms with Crippen LogP contribution in [0.5, 0.6) is 0 Å². The fourth-order valence-corrected chi connectivity index (χ4v) is 2.02. The Hall–Kier alpha value is -2.80. The molecule has 56 heavy (non-hydrogen) atoms. The SMILES string of the molecule is Brc1[c-]nnnn1.C.C.C.C.C.C=[C-]Br.C=[C-]N=C.O=C(N=NCc1ccccc1)OCc1ccccc1.O=C=O.[2H]CB(O)O.[2H]Cc1[c-]nnnn1.[V].[V].[V].[V]. The third-order valence-electron chi connectivity index (χ3n) is 3.35. The summed E-state index contributed by atoms with van der Waals surface area (Å²) in [5.41, 5.74) is 2.34. The summed E-state index contributed by atoms with van der Waals surface area (Å²) in [6.45, 7) is 9.65. The molecule has 1 amide bonds. The molecule has 0 unspecified atom stereocenters. The van der Waals surface area contributed by atoms with E-state index in [1.165, 1.54) is 0 Å². The number of ether oxygens (including phenoxy) is 1. The van der Waals surface area contributed by atoms with Gasteiger partial charge in [0.2, 0.25) is 0 Å². The minimum Gasteiger partial charge on any atom is -0.467 e.